The molecule has 0 aromatic heterocycles. The molecule has 1 aliphatic heterocycles. The number of hydrogen-bond acceptors (Lipinski definition) is 5. The minimum absolute atomic E-state index is 0.0307. The van der Waals surface area contributed by atoms with Crippen LogP contribution in [0.1, 0.15) is 38.7 Å². The predicted octanol–water partition coefficient (Wildman–Crippen LogP) is 1.39. The average Bonchev–Trinajstić information content (AvgIpc) is 3.16. The van der Waals surface area contributed by atoms with Crippen LogP contribution in [-0.4, -0.2) is 54.5 Å². The highest BCUT2D eigenvalue weighted by Gasteiger charge is 2.31. The van der Waals surface area contributed by atoms with E-state index < -0.39 is 11.9 Å². The van der Waals surface area contributed by atoms with E-state index in [0.29, 0.717) is 25.4 Å². The normalized spacial score (nSPS) is 17.2. The van der Waals surface area contributed by atoms with Crippen LogP contribution in [0.25, 0.3) is 0 Å². The number of carbonyl (C=O) groups is 3. The smallest absolute Gasteiger partial charge is 0.410 e. The van der Waals surface area contributed by atoms with Crippen molar-refractivity contribution in [2.45, 2.75) is 51.8 Å². The Hall–Kier alpha value is -2.61. The number of ether oxygens (including phenoxy) is 1. The van der Waals surface area contributed by atoms with Gasteiger partial charge in [-0.2, -0.15) is 0 Å². The lowest BCUT2D eigenvalue weighted by atomic mass is 10.0. The Kier molecular flexibility index (Phi) is 8.92. The summed E-state index contributed by atoms with van der Waals surface area (Å²) in [5.41, 5.74) is 6.05. The average molecular weight is 405 g/mol. The summed E-state index contributed by atoms with van der Waals surface area (Å²) >= 11 is 0. The van der Waals surface area contributed by atoms with Gasteiger partial charge in [-0.05, 0) is 30.7 Å². The molecule has 2 rings (SSSR count). The lowest BCUT2D eigenvalue weighted by molar-refractivity contribution is -0.126. The minimum atomic E-state index is -0.579. The first-order chi connectivity index (χ1) is 13.9. The van der Waals surface area contributed by atoms with Crippen molar-refractivity contribution < 1.29 is 19.1 Å². The fourth-order valence-electron chi connectivity index (χ4n) is 3.42. The topological polar surface area (TPSA) is 114 Å². The highest BCUT2D eigenvalue weighted by Crippen LogP contribution is 2.19. The molecule has 3 amide bonds. The van der Waals surface area contributed by atoms with Gasteiger partial charge in [-0.15, -0.1) is 0 Å². The first kappa shape index (κ1) is 22.7. The molecule has 4 N–H and O–H groups in total. The third-order valence-electron chi connectivity index (χ3n) is 4.88. The Morgan fingerprint density at radius 3 is 2.62 bits per heavy atom. The zero-order chi connectivity index (χ0) is 21.2. The third-order valence-corrected chi connectivity index (χ3v) is 4.88. The number of nitrogens with two attached hydrogens (primary N) is 1. The number of benzene rings is 1. The van der Waals surface area contributed by atoms with E-state index in [4.69, 9.17) is 10.5 Å². The predicted molar refractivity (Wildman–Crippen MR) is 110 cm³/mol. The van der Waals surface area contributed by atoms with Gasteiger partial charge in [0.15, 0.2) is 0 Å². The number of amides is 3. The van der Waals surface area contributed by atoms with E-state index in [1.165, 1.54) is 0 Å². The van der Waals surface area contributed by atoms with Gasteiger partial charge < -0.3 is 26.0 Å². The van der Waals surface area contributed by atoms with Crippen molar-refractivity contribution in [1.82, 2.24) is 15.5 Å². The van der Waals surface area contributed by atoms with Gasteiger partial charge in [0.25, 0.3) is 0 Å². The summed E-state index contributed by atoms with van der Waals surface area (Å²) in [4.78, 5) is 37.5. The van der Waals surface area contributed by atoms with E-state index in [0.717, 1.165) is 18.4 Å². The second-order valence-electron chi connectivity index (χ2n) is 7.80. The second-order valence-corrected chi connectivity index (χ2v) is 7.80. The monoisotopic (exact) mass is 404 g/mol. The third kappa shape index (κ3) is 7.73. The molecular formula is C21H32N4O4. The van der Waals surface area contributed by atoms with Gasteiger partial charge in [-0.1, -0.05) is 44.2 Å². The Balaban J connectivity index is 1.87. The van der Waals surface area contributed by atoms with Crippen molar-refractivity contribution in [3.63, 3.8) is 0 Å². The summed E-state index contributed by atoms with van der Waals surface area (Å²) in [6.07, 6.45) is 2.03. The quantitative estimate of drug-likeness (QED) is 0.545. The maximum atomic E-state index is 12.5. The van der Waals surface area contributed by atoms with E-state index in [9.17, 15) is 14.4 Å². The molecule has 2 atom stereocenters. The first-order valence-electron chi connectivity index (χ1n) is 10.1. The molecule has 8 heteroatoms. The molecule has 8 nitrogen and oxygen atoms in total. The van der Waals surface area contributed by atoms with Crippen molar-refractivity contribution >= 4 is 17.9 Å². The fourth-order valence-corrected chi connectivity index (χ4v) is 3.42. The Labute approximate surface area is 172 Å². The standard InChI is InChI=1S/C21H32N4O4/c1-15(2)11-18(20(27)24-13-19(22)26)23-12-17-9-6-10-25(17)21(28)29-14-16-7-4-3-5-8-16/h3-5,7-8,15,17-18,23H,6,9-14H2,1-2H3,(H2,22,26)(H,24,27). The van der Waals surface area contributed by atoms with Crippen LogP contribution in [0, 0.1) is 5.92 Å². The molecular weight excluding hydrogens is 372 g/mol. The number of hydrogen-bond donors (Lipinski definition) is 3. The summed E-state index contributed by atoms with van der Waals surface area (Å²) in [5, 5.41) is 5.82. The minimum Gasteiger partial charge on any atom is -0.445 e. The van der Waals surface area contributed by atoms with E-state index >= 15 is 0 Å². The summed E-state index contributed by atoms with van der Waals surface area (Å²) in [6.45, 7) is 5.24. The van der Waals surface area contributed by atoms with Crippen molar-refractivity contribution in [1.29, 1.82) is 0 Å². The highest BCUT2D eigenvalue weighted by molar-refractivity contribution is 5.86. The zero-order valence-electron chi connectivity index (χ0n) is 17.2. The lowest BCUT2D eigenvalue weighted by Gasteiger charge is -2.27. The molecule has 1 heterocycles. The van der Waals surface area contributed by atoms with Crippen LogP contribution in [0.5, 0.6) is 0 Å². The molecule has 1 aliphatic rings. The van der Waals surface area contributed by atoms with Crippen LogP contribution >= 0.6 is 0 Å². The Morgan fingerprint density at radius 2 is 1.97 bits per heavy atom. The first-order valence-corrected chi connectivity index (χ1v) is 10.1. The van der Waals surface area contributed by atoms with E-state index in [1.807, 2.05) is 44.2 Å². The Bertz CT molecular complexity index is 681. The van der Waals surface area contributed by atoms with Gasteiger partial charge in [0.05, 0.1) is 12.6 Å². The molecule has 1 fully saturated rings. The summed E-state index contributed by atoms with van der Waals surface area (Å²) in [6, 6.07) is 9.08. The lowest BCUT2D eigenvalue weighted by Crippen LogP contribution is -2.51. The number of nitrogens with one attached hydrogen (secondary N) is 2. The number of primary amides is 1. The van der Waals surface area contributed by atoms with Gasteiger partial charge in [0.1, 0.15) is 6.61 Å². The molecule has 29 heavy (non-hydrogen) atoms. The largest absolute Gasteiger partial charge is 0.445 e. The molecule has 1 saturated heterocycles. The van der Waals surface area contributed by atoms with Crippen LogP contribution in [-0.2, 0) is 20.9 Å². The summed E-state index contributed by atoms with van der Waals surface area (Å²) < 4.78 is 5.45. The van der Waals surface area contributed by atoms with Crippen LogP contribution < -0.4 is 16.4 Å². The van der Waals surface area contributed by atoms with Crippen LogP contribution in [0.15, 0.2) is 30.3 Å². The highest BCUT2D eigenvalue weighted by atomic mass is 16.6. The number of carbonyl (C=O) groups excluding carboxylic acids is 3. The summed E-state index contributed by atoms with van der Waals surface area (Å²) in [7, 11) is 0. The van der Waals surface area contributed by atoms with Gasteiger partial charge >= 0.3 is 6.09 Å². The van der Waals surface area contributed by atoms with Gasteiger partial charge in [-0.3, -0.25) is 9.59 Å². The van der Waals surface area contributed by atoms with Gasteiger partial charge in [0, 0.05) is 19.1 Å². The molecule has 1 aromatic carbocycles. The molecule has 0 saturated carbocycles. The van der Waals surface area contributed by atoms with E-state index in [2.05, 4.69) is 10.6 Å². The molecule has 0 spiro atoms. The van der Waals surface area contributed by atoms with Crippen molar-refractivity contribution in [2.24, 2.45) is 11.7 Å². The van der Waals surface area contributed by atoms with Crippen molar-refractivity contribution in [2.75, 3.05) is 19.6 Å². The van der Waals surface area contributed by atoms with Crippen LogP contribution in [0.2, 0.25) is 0 Å². The molecule has 160 valence electrons. The van der Waals surface area contributed by atoms with Gasteiger partial charge in [0.2, 0.25) is 11.8 Å². The number of likely N-dealkylation sites (tertiary alicyclic amines) is 1. The van der Waals surface area contributed by atoms with Crippen LogP contribution in [0.4, 0.5) is 4.79 Å². The van der Waals surface area contributed by atoms with Crippen molar-refractivity contribution in [3.8, 4) is 0 Å². The fraction of sp³-hybridized carbons (Fsp3) is 0.571. The second kappa shape index (κ2) is 11.4. The van der Waals surface area contributed by atoms with Crippen LogP contribution in [0.3, 0.4) is 0 Å². The molecule has 0 radical (unpaired) electrons. The van der Waals surface area contributed by atoms with E-state index in [1.54, 1.807) is 4.90 Å². The maximum absolute atomic E-state index is 12.5. The SMILES string of the molecule is CC(C)CC(NCC1CCCN1C(=O)OCc1ccccc1)C(=O)NCC(N)=O. The van der Waals surface area contributed by atoms with Gasteiger partial charge in [-0.25, -0.2) is 4.79 Å². The Morgan fingerprint density at radius 1 is 1.24 bits per heavy atom. The molecule has 2 unspecified atom stereocenters. The molecule has 1 aromatic rings. The number of rotatable bonds is 10. The maximum Gasteiger partial charge on any atom is 0.410 e. The molecule has 0 aliphatic carbocycles. The summed E-state index contributed by atoms with van der Waals surface area (Å²) in [5.74, 6) is -0.541. The van der Waals surface area contributed by atoms with Crippen molar-refractivity contribution in [3.05, 3.63) is 35.9 Å². The zero-order valence-corrected chi connectivity index (χ0v) is 17.2. The molecule has 0 bridgehead atoms. The van der Waals surface area contributed by atoms with E-state index in [-0.39, 0.29) is 31.2 Å². The number of nitrogens with zero attached hydrogens (tertiary/aromatic N) is 1.